The number of aliphatic hydroxyl groups excluding tert-OH is 1. The van der Waals surface area contributed by atoms with Gasteiger partial charge >= 0.3 is 5.97 Å². The van der Waals surface area contributed by atoms with Crippen molar-refractivity contribution in [1.82, 2.24) is 4.90 Å². The van der Waals surface area contributed by atoms with Crippen molar-refractivity contribution in [1.29, 1.82) is 0 Å². The number of aliphatic hydroxyl groups is 1. The molecule has 0 aliphatic heterocycles. The van der Waals surface area contributed by atoms with Crippen molar-refractivity contribution in [3.8, 4) is 0 Å². The zero-order valence-corrected chi connectivity index (χ0v) is 12.3. The van der Waals surface area contributed by atoms with Gasteiger partial charge in [0.1, 0.15) is 5.76 Å². The number of furan rings is 1. The van der Waals surface area contributed by atoms with Gasteiger partial charge in [0.25, 0.3) is 0 Å². The van der Waals surface area contributed by atoms with Crippen molar-refractivity contribution in [3.05, 3.63) is 23.7 Å². The molecule has 1 fully saturated rings. The molecule has 5 nitrogen and oxygen atoms in total. The van der Waals surface area contributed by atoms with Gasteiger partial charge in [-0.25, -0.2) is 4.79 Å². The van der Waals surface area contributed by atoms with E-state index in [9.17, 15) is 9.90 Å². The number of carbonyl (C=O) groups excluding carboxylic acids is 1. The third-order valence-electron chi connectivity index (χ3n) is 4.23. The summed E-state index contributed by atoms with van der Waals surface area (Å²) in [5.74, 6) is 0.832. The van der Waals surface area contributed by atoms with Crippen LogP contribution in [-0.2, 0) is 4.74 Å². The molecular weight excluding hydrogens is 258 g/mol. The van der Waals surface area contributed by atoms with Crippen LogP contribution in [0.25, 0.3) is 0 Å². The summed E-state index contributed by atoms with van der Waals surface area (Å²) in [6.07, 6.45) is 2.89. The Morgan fingerprint density at radius 1 is 1.55 bits per heavy atom. The first-order chi connectivity index (χ1) is 9.52. The predicted molar refractivity (Wildman–Crippen MR) is 74.4 cm³/mol. The number of esters is 1. The van der Waals surface area contributed by atoms with Gasteiger partial charge in [-0.3, -0.25) is 4.90 Å². The summed E-state index contributed by atoms with van der Waals surface area (Å²) < 4.78 is 10.2. The van der Waals surface area contributed by atoms with Crippen molar-refractivity contribution in [2.75, 3.05) is 20.7 Å². The largest absolute Gasteiger partial charge is 0.463 e. The van der Waals surface area contributed by atoms with Crippen molar-refractivity contribution >= 4 is 5.97 Å². The summed E-state index contributed by atoms with van der Waals surface area (Å²) in [7, 11) is 3.34. The SMILES string of the molecule is COC(=O)c1ccc(C(C)N(C)CC2CCCC2O)o1. The Morgan fingerprint density at radius 3 is 2.90 bits per heavy atom. The topological polar surface area (TPSA) is 62.9 Å². The first-order valence-electron chi connectivity index (χ1n) is 7.09. The lowest BCUT2D eigenvalue weighted by Gasteiger charge is -2.27. The van der Waals surface area contributed by atoms with Gasteiger partial charge in [0, 0.05) is 6.54 Å². The summed E-state index contributed by atoms with van der Waals surface area (Å²) in [6, 6.07) is 3.50. The highest BCUT2D eigenvalue weighted by Crippen LogP contribution is 2.29. The molecule has 1 saturated carbocycles. The van der Waals surface area contributed by atoms with Gasteiger partial charge in [0.2, 0.25) is 5.76 Å². The standard InChI is InChI=1S/C15H23NO4/c1-10(13-7-8-14(20-13)15(18)19-3)16(2)9-11-5-4-6-12(11)17/h7-8,10-12,17H,4-6,9H2,1-3H3. The fourth-order valence-electron chi connectivity index (χ4n) is 2.76. The third kappa shape index (κ3) is 3.22. The van der Waals surface area contributed by atoms with E-state index >= 15 is 0 Å². The molecule has 1 N–H and O–H groups in total. The van der Waals surface area contributed by atoms with Crippen LogP contribution in [0.2, 0.25) is 0 Å². The molecule has 1 aromatic rings. The minimum Gasteiger partial charge on any atom is -0.463 e. The van der Waals surface area contributed by atoms with Gasteiger partial charge in [-0.1, -0.05) is 6.42 Å². The van der Waals surface area contributed by atoms with Crippen molar-refractivity contribution in [3.63, 3.8) is 0 Å². The van der Waals surface area contributed by atoms with E-state index in [0.717, 1.165) is 31.6 Å². The second-order valence-electron chi connectivity index (χ2n) is 5.57. The van der Waals surface area contributed by atoms with E-state index in [1.54, 1.807) is 12.1 Å². The van der Waals surface area contributed by atoms with E-state index in [1.807, 2.05) is 14.0 Å². The molecule has 112 valence electrons. The summed E-state index contributed by atoms with van der Waals surface area (Å²) in [6.45, 7) is 2.86. The summed E-state index contributed by atoms with van der Waals surface area (Å²) >= 11 is 0. The first kappa shape index (κ1) is 15.1. The van der Waals surface area contributed by atoms with Crippen LogP contribution in [0.4, 0.5) is 0 Å². The maximum absolute atomic E-state index is 11.4. The summed E-state index contributed by atoms with van der Waals surface area (Å²) in [4.78, 5) is 13.5. The summed E-state index contributed by atoms with van der Waals surface area (Å²) in [5.41, 5.74) is 0. The lowest BCUT2D eigenvalue weighted by atomic mass is 10.0. The first-order valence-corrected chi connectivity index (χ1v) is 7.09. The molecule has 0 spiro atoms. The van der Waals surface area contributed by atoms with Crippen LogP contribution in [-0.4, -0.2) is 42.8 Å². The Labute approximate surface area is 119 Å². The van der Waals surface area contributed by atoms with Gasteiger partial charge in [-0.05, 0) is 44.9 Å². The maximum atomic E-state index is 11.4. The molecule has 1 aliphatic rings. The number of nitrogens with zero attached hydrogens (tertiary/aromatic N) is 1. The number of hydrogen-bond acceptors (Lipinski definition) is 5. The van der Waals surface area contributed by atoms with Gasteiger partial charge in [0.05, 0.1) is 19.3 Å². The van der Waals surface area contributed by atoms with Gasteiger partial charge in [-0.2, -0.15) is 0 Å². The molecule has 0 aromatic carbocycles. The van der Waals surface area contributed by atoms with Crippen molar-refractivity contribution < 1.29 is 19.1 Å². The van der Waals surface area contributed by atoms with E-state index in [0.29, 0.717) is 5.92 Å². The second kappa shape index (κ2) is 6.41. The fourth-order valence-corrected chi connectivity index (χ4v) is 2.76. The Hall–Kier alpha value is -1.33. The third-order valence-corrected chi connectivity index (χ3v) is 4.23. The van der Waals surface area contributed by atoms with Gasteiger partial charge in [-0.15, -0.1) is 0 Å². The van der Waals surface area contributed by atoms with E-state index in [1.165, 1.54) is 7.11 Å². The molecule has 1 heterocycles. The quantitative estimate of drug-likeness (QED) is 0.838. The lowest BCUT2D eigenvalue weighted by molar-refractivity contribution is 0.0557. The highest BCUT2D eigenvalue weighted by Gasteiger charge is 2.28. The zero-order valence-electron chi connectivity index (χ0n) is 12.3. The zero-order chi connectivity index (χ0) is 14.7. The van der Waals surface area contributed by atoms with Crippen LogP contribution in [0.1, 0.15) is 48.5 Å². The van der Waals surface area contributed by atoms with E-state index in [-0.39, 0.29) is 17.9 Å². The molecule has 5 heteroatoms. The van der Waals surface area contributed by atoms with Crippen LogP contribution in [0.5, 0.6) is 0 Å². The van der Waals surface area contributed by atoms with E-state index in [2.05, 4.69) is 9.64 Å². The lowest BCUT2D eigenvalue weighted by Crippen LogP contribution is -2.31. The van der Waals surface area contributed by atoms with Crippen LogP contribution in [0, 0.1) is 5.92 Å². The van der Waals surface area contributed by atoms with Crippen molar-refractivity contribution in [2.24, 2.45) is 5.92 Å². The number of ether oxygens (including phenoxy) is 1. The number of carbonyl (C=O) groups is 1. The molecule has 0 saturated heterocycles. The van der Waals surface area contributed by atoms with Crippen LogP contribution in [0.3, 0.4) is 0 Å². The molecule has 2 rings (SSSR count). The molecule has 3 unspecified atom stereocenters. The average molecular weight is 281 g/mol. The maximum Gasteiger partial charge on any atom is 0.373 e. The fraction of sp³-hybridized carbons (Fsp3) is 0.667. The van der Waals surface area contributed by atoms with Crippen LogP contribution in [0.15, 0.2) is 16.5 Å². The smallest absolute Gasteiger partial charge is 0.373 e. The number of methoxy groups -OCH3 is 1. The highest BCUT2D eigenvalue weighted by molar-refractivity contribution is 5.86. The van der Waals surface area contributed by atoms with E-state index in [4.69, 9.17) is 4.42 Å². The summed E-state index contributed by atoms with van der Waals surface area (Å²) in [5, 5.41) is 9.89. The minimum atomic E-state index is -0.461. The van der Waals surface area contributed by atoms with Gasteiger partial charge < -0.3 is 14.3 Å². The predicted octanol–water partition coefficient (Wildman–Crippen LogP) is 2.22. The molecule has 20 heavy (non-hydrogen) atoms. The second-order valence-corrected chi connectivity index (χ2v) is 5.57. The molecule has 0 amide bonds. The minimum absolute atomic E-state index is 0.0567. The van der Waals surface area contributed by atoms with Crippen LogP contribution >= 0.6 is 0 Å². The van der Waals surface area contributed by atoms with E-state index < -0.39 is 5.97 Å². The molecule has 1 aromatic heterocycles. The Balaban J connectivity index is 1.97. The Kier molecular flexibility index (Phi) is 4.83. The Bertz CT molecular complexity index is 456. The Morgan fingerprint density at radius 2 is 2.30 bits per heavy atom. The number of hydrogen-bond donors (Lipinski definition) is 1. The highest BCUT2D eigenvalue weighted by atomic mass is 16.5. The van der Waals surface area contributed by atoms with Crippen molar-refractivity contribution in [2.45, 2.75) is 38.3 Å². The number of rotatable bonds is 5. The molecule has 0 radical (unpaired) electrons. The van der Waals surface area contributed by atoms with Gasteiger partial charge in [0.15, 0.2) is 0 Å². The molecule has 0 bridgehead atoms. The average Bonchev–Trinajstić information content (AvgIpc) is 3.07. The van der Waals surface area contributed by atoms with Crippen LogP contribution < -0.4 is 0 Å². The molecular formula is C15H23NO4. The molecule has 1 aliphatic carbocycles. The normalized spacial score (nSPS) is 24.1. The monoisotopic (exact) mass is 281 g/mol. The molecule has 3 atom stereocenters.